The molecule has 30 heavy (non-hydrogen) atoms. The molecule has 4 rings (SSSR count). The number of carbonyl (C=O) groups is 4. The third kappa shape index (κ3) is 3.93. The largest absolute Gasteiger partial charge is 0.349 e. The van der Waals surface area contributed by atoms with Crippen LogP contribution in [0.25, 0.3) is 0 Å². The molecule has 0 radical (unpaired) electrons. The highest BCUT2D eigenvalue weighted by molar-refractivity contribution is 6.30. The summed E-state index contributed by atoms with van der Waals surface area (Å²) >= 11 is 5.84. The van der Waals surface area contributed by atoms with Crippen LogP contribution in [-0.2, 0) is 4.79 Å². The zero-order chi connectivity index (χ0) is 21.3. The number of nitrogens with zero attached hydrogens (tertiary/aromatic N) is 2. The molecule has 0 bridgehead atoms. The van der Waals surface area contributed by atoms with Crippen LogP contribution in [0.3, 0.4) is 0 Å². The lowest BCUT2D eigenvalue weighted by Crippen LogP contribution is -2.49. The first-order chi connectivity index (χ1) is 14.4. The minimum atomic E-state index is -0.436. The van der Waals surface area contributed by atoms with Crippen molar-refractivity contribution in [3.63, 3.8) is 0 Å². The average molecular weight is 426 g/mol. The summed E-state index contributed by atoms with van der Waals surface area (Å²) in [5.74, 6) is -1.32. The van der Waals surface area contributed by atoms with E-state index in [0.717, 1.165) is 4.90 Å². The number of imide groups is 1. The van der Waals surface area contributed by atoms with E-state index in [1.54, 1.807) is 53.4 Å². The number of piperidine rings is 1. The van der Waals surface area contributed by atoms with Gasteiger partial charge >= 0.3 is 0 Å². The number of fused-ring (bicyclic) bond motifs is 1. The SMILES string of the molecule is O=C(NC1CCN(C(=O)CN2C(=O)c3ccccc3C2=O)CC1)c1ccc(Cl)cc1. The molecule has 1 saturated heterocycles. The molecule has 7 nitrogen and oxygen atoms in total. The van der Waals surface area contributed by atoms with Gasteiger partial charge in [0.25, 0.3) is 17.7 Å². The van der Waals surface area contributed by atoms with Crippen molar-refractivity contribution >= 4 is 35.2 Å². The zero-order valence-corrected chi connectivity index (χ0v) is 16.9. The molecule has 154 valence electrons. The second-order valence-corrected chi connectivity index (χ2v) is 7.81. The third-order valence-corrected chi connectivity index (χ3v) is 5.71. The van der Waals surface area contributed by atoms with Crippen LogP contribution in [0.1, 0.15) is 43.9 Å². The van der Waals surface area contributed by atoms with Gasteiger partial charge in [0.2, 0.25) is 5.91 Å². The molecule has 1 fully saturated rings. The van der Waals surface area contributed by atoms with Gasteiger partial charge in [-0.05, 0) is 49.2 Å². The summed E-state index contributed by atoms with van der Waals surface area (Å²) in [5, 5.41) is 3.54. The van der Waals surface area contributed by atoms with E-state index >= 15 is 0 Å². The Labute approximate surface area is 178 Å². The fourth-order valence-electron chi connectivity index (χ4n) is 3.76. The number of likely N-dealkylation sites (tertiary alicyclic amines) is 1. The van der Waals surface area contributed by atoms with Gasteiger partial charge in [0.05, 0.1) is 11.1 Å². The summed E-state index contributed by atoms with van der Waals surface area (Å²) in [6.45, 7) is 0.634. The van der Waals surface area contributed by atoms with Crippen molar-refractivity contribution in [2.75, 3.05) is 19.6 Å². The topological polar surface area (TPSA) is 86.8 Å². The highest BCUT2D eigenvalue weighted by atomic mass is 35.5. The summed E-state index contributed by atoms with van der Waals surface area (Å²) in [6, 6.07) is 13.2. The van der Waals surface area contributed by atoms with Gasteiger partial charge < -0.3 is 10.2 Å². The number of halogens is 1. The van der Waals surface area contributed by atoms with Crippen LogP contribution in [-0.4, -0.2) is 59.1 Å². The number of hydrogen-bond donors (Lipinski definition) is 1. The number of nitrogens with one attached hydrogen (secondary N) is 1. The molecule has 2 aliphatic rings. The minimum absolute atomic E-state index is 0.0449. The molecule has 4 amide bonds. The molecular formula is C22H20ClN3O4. The van der Waals surface area contributed by atoms with Gasteiger partial charge in [0.15, 0.2) is 0 Å². The Bertz CT molecular complexity index is 978. The summed E-state index contributed by atoms with van der Waals surface area (Å²) in [4.78, 5) is 52.5. The Morgan fingerprint density at radius 3 is 2.07 bits per heavy atom. The highest BCUT2D eigenvalue weighted by Gasteiger charge is 2.37. The maximum Gasteiger partial charge on any atom is 0.262 e. The maximum atomic E-state index is 12.7. The molecule has 2 heterocycles. The van der Waals surface area contributed by atoms with Gasteiger partial charge in [-0.1, -0.05) is 23.7 Å². The molecule has 0 spiro atoms. The Balaban J connectivity index is 1.30. The number of benzene rings is 2. The van der Waals surface area contributed by atoms with Gasteiger partial charge in [-0.25, -0.2) is 0 Å². The van der Waals surface area contributed by atoms with Crippen molar-refractivity contribution in [3.8, 4) is 0 Å². The normalized spacial score (nSPS) is 16.6. The quantitative estimate of drug-likeness (QED) is 0.762. The van der Waals surface area contributed by atoms with E-state index in [1.165, 1.54) is 0 Å². The van der Waals surface area contributed by atoms with Crippen LogP contribution >= 0.6 is 11.6 Å². The first-order valence-electron chi connectivity index (χ1n) is 9.73. The summed E-state index contributed by atoms with van der Waals surface area (Å²) in [6.07, 6.45) is 1.21. The summed E-state index contributed by atoms with van der Waals surface area (Å²) < 4.78 is 0. The Morgan fingerprint density at radius 2 is 1.50 bits per heavy atom. The van der Waals surface area contributed by atoms with Crippen molar-refractivity contribution in [1.29, 1.82) is 0 Å². The first kappa shape index (κ1) is 20.1. The van der Waals surface area contributed by atoms with E-state index in [-0.39, 0.29) is 24.4 Å². The number of carbonyl (C=O) groups excluding carboxylic acids is 4. The van der Waals surface area contributed by atoms with Crippen LogP contribution in [0, 0.1) is 0 Å². The predicted molar refractivity (Wildman–Crippen MR) is 110 cm³/mol. The predicted octanol–water partition coefficient (Wildman–Crippen LogP) is 2.36. The molecule has 2 aromatic carbocycles. The lowest BCUT2D eigenvalue weighted by Gasteiger charge is -2.33. The molecule has 8 heteroatoms. The Morgan fingerprint density at radius 1 is 0.933 bits per heavy atom. The third-order valence-electron chi connectivity index (χ3n) is 5.46. The molecule has 0 atom stereocenters. The zero-order valence-electron chi connectivity index (χ0n) is 16.1. The maximum absolute atomic E-state index is 12.7. The van der Waals surface area contributed by atoms with E-state index < -0.39 is 11.8 Å². The Hall–Kier alpha value is -3.19. The molecule has 1 N–H and O–H groups in total. The molecule has 0 aromatic heterocycles. The van der Waals surface area contributed by atoms with Gasteiger partial charge in [-0.3, -0.25) is 24.1 Å². The van der Waals surface area contributed by atoms with E-state index in [9.17, 15) is 19.2 Å². The van der Waals surface area contributed by atoms with Crippen LogP contribution in [0.15, 0.2) is 48.5 Å². The lowest BCUT2D eigenvalue weighted by molar-refractivity contribution is -0.132. The van der Waals surface area contributed by atoms with Crippen LogP contribution in [0.2, 0.25) is 5.02 Å². The second kappa shape index (κ2) is 8.28. The molecule has 0 aliphatic carbocycles. The van der Waals surface area contributed by atoms with Crippen molar-refractivity contribution < 1.29 is 19.2 Å². The average Bonchev–Trinajstić information content (AvgIpc) is 3.00. The van der Waals surface area contributed by atoms with E-state index in [0.29, 0.717) is 47.6 Å². The molecular weight excluding hydrogens is 406 g/mol. The molecule has 2 aliphatic heterocycles. The first-order valence-corrected chi connectivity index (χ1v) is 10.1. The van der Waals surface area contributed by atoms with Crippen molar-refractivity contribution in [2.45, 2.75) is 18.9 Å². The molecule has 0 unspecified atom stereocenters. The summed E-state index contributed by atoms with van der Waals surface area (Å²) in [7, 11) is 0. The Kier molecular flexibility index (Phi) is 5.55. The molecule has 2 aromatic rings. The van der Waals surface area contributed by atoms with Crippen LogP contribution in [0.4, 0.5) is 0 Å². The highest BCUT2D eigenvalue weighted by Crippen LogP contribution is 2.22. The lowest BCUT2D eigenvalue weighted by atomic mass is 10.0. The monoisotopic (exact) mass is 425 g/mol. The standard InChI is InChI=1S/C22H20ClN3O4/c23-15-7-5-14(6-8-15)20(28)24-16-9-11-25(12-10-16)19(27)13-26-21(29)17-3-1-2-4-18(17)22(26)30/h1-8,16H,9-13H2,(H,24,28). The van der Waals surface area contributed by atoms with Gasteiger partial charge in [0.1, 0.15) is 6.54 Å². The van der Waals surface area contributed by atoms with E-state index in [2.05, 4.69) is 5.32 Å². The summed E-state index contributed by atoms with van der Waals surface area (Å²) in [5.41, 5.74) is 1.20. The van der Waals surface area contributed by atoms with Crippen molar-refractivity contribution in [2.24, 2.45) is 0 Å². The van der Waals surface area contributed by atoms with Crippen LogP contribution in [0.5, 0.6) is 0 Å². The second-order valence-electron chi connectivity index (χ2n) is 7.38. The van der Waals surface area contributed by atoms with E-state index in [4.69, 9.17) is 11.6 Å². The van der Waals surface area contributed by atoms with E-state index in [1.807, 2.05) is 0 Å². The minimum Gasteiger partial charge on any atom is -0.349 e. The molecule has 0 saturated carbocycles. The van der Waals surface area contributed by atoms with Crippen molar-refractivity contribution in [3.05, 3.63) is 70.2 Å². The van der Waals surface area contributed by atoms with Gasteiger partial charge in [-0.15, -0.1) is 0 Å². The fraction of sp³-hybridized carbons (Fsp3) is 0.273. The number of amides is 4. The van der Waals surface area contributed by atoms with Crippen molar-refractivity contribution in [1.82, 2.24) is 15.1 Å². The van der Waals surface area contributed by atoms with Gasteiger partial charge in [-0.2, -0.15) is 0 Å². The van der Waals surface area contributed by atoms with Gasteiger partial charge in [0, 0.05) is 29.7 Å². The number of hydrogen-bond acceptors (Lipinski definition) is 4. The van der Waals surface area contributed by atoms with Crippen LogP contribution < -0.4 is 5.32 Å². The fourth-order valence-corrected chi connectivity index (χ4v) is 3.89. The smallest absolute Gasteiger partial charge is 0.262 e. The number of rotatable bonds is 4.